The summed E-state index contributed by atoms with van der Waals surface area (Å²) in [6.45, 7) is 0.418. The number of carbonyl (C=O) groups is 1. The summed E-state index contributed by atoms with van der Waals surface area (Å²) in [5, 5.41) is 0. The Kier molecular flexibility index (Phi) is 4.19. The molecule has 2 rings (SSSR count). The van der Waals surface area contributed by atoms with Gasteiger partial charge in [-0.3, -0.25) is 4.79 Å². The highest BCUT2D eigenvalue weighted by atomic mass is 127. The Morgan fingerprint density at radius 2 is 1.89 bits per heavy atom. The van der Waals surface area contributed by atoms with E-state index >= 15 is 0 Å². The summed E-state index contributed by atoms with van der Waals surface area (Å²) in [4.78, 5) is 11.0. The van der Waals surface area contributed by atoms with Gasteiger partial charge in [-0.25, -0.2) is 0 Å². The maximum atomic E-state index is 11.0. The predicted octanol–water partition coefficient (Wildman–Crippen LogP) is 2.97. The van der Waals surface area contributed by atoms with Crippen LogP contribution < -0.4 is 10.5 Å². The fraction of sp³-hybridized carbons (Fsp3) is 0.0714. The molecule has 0 fully saturated rings. The first kappa shape index (κ1) is 12.9. The van der Waals surface area contributed by atoms with Crippen LogP contribution >= 0.6 is 22.6 Å². The summed E-state index contributed by atoms with van der Waals surface area (Å²) in [5.41, 5.74) is 6.65. The largest absolute Gasteiger partial charge is 0.489 e. The van der Waals surface area contributed by atoms with Gasteiger partial charge >= 0.3 is 0 Å². The molecule has 0 radical (unpaired) electrons. The standard InChI is InChI=1S/C14H12INO2/c15-12-4-6-13(7-5-12)18-9-10-2-1-3-11(8-10)14(16)17/h1-8H,9H2,(H2,16,17). The van der Waals surface area contributed by atoms with Gasteiger partial charge in [0, 0.05) is 9.13 Å². The van der Waals surface area contributed by atoms with Gasteiger partial charge in [-0.15, -0.1) is 0 Å². The molecule has 0 spiro atoms. The van der Waals surface area contributed by atoms with Gasteiger partial charge in [-0.1, -0.05) is 12.1 Å². The van der Waals surface area contributed by atoms with E-state index in [1.807, 2.05) is 30.3 Å². The number of nitrogens with two attached hydrogens (primary N) is 1. The lowest BCUT2D eigenvalue weighted by Gasteiger charge is -2.07. The van der Waals surface area contributed by atoms with Crippen LogP contribution in [-0.2, 0) is 6.61 Å². The fourth-order valence-corrected chi connectivity index (χ4v) is 1.87. The lowest BCUT2D eigenvalue weighted by molar-refractivity contribution is 0.1000. The van der Waals surface area contributed by atoms with Crippen molar-refractivity contribution in [3.8, 4) is 5.75 Å². The number of benzene rings is 2. The molecule has 0 aliphatic rings. The molecule has 4 heteroatoms. The first-order valence-corrected chi connectivity index (χ1v) is 6.50. The van der Waals surface area contributed by atoms with Gasteiger partial charge in [0.15, 0.2) is 0 Å². The van der Waals surface area contributed by atoms with Gasteiger partial charge in [0.05, 0.1) is 0 Å². The molecule has 2 N–H and O–H groups in total. The first-order valence-electron chi connectivity index (χ1n) is 5.42. The third-order valence-electron chi connectivity index (χ3n) is 2.43. The van der Waals surface area contributed by atoms with Crippen molar-refractivity contribution in [1.82, 2.24) is 0 Å². The molecule has 18 heavy (non-hydrogen) atoms. The highest BCUT2D eigenvalue weighted by Crippen LogP contribution is 2.15. The van der Waals surface area contributed by atoms with Crippen LogP contribution in [0.25, 0.3) is 0 Å². The van der Waals surface area contributed by atoms with E-state index in [4.69, 9.17) is 10.5 Å². The molecule has 1 amide bonds. The van der Waals surface area contributed by atoms with Crippen LogP contribution in [0.5, 0.6) is 5.75 Å². The quantitative estimate of drug-likeness (QED) is 0.860. The number of primary amides is 1. The summed E-state index contributed by atoms with van der Waals surface area (Å²) in [5.74, 6) is 0.381. The summed E-state index contributed by atoms with van der Waals surface area (Å²) < 4.78 is 6.79. The number of rotatable bonds is 4. The molecule has 2 aromatic carbocycles. The van der Waals surface area contributed by atoms with Gasteiger partial charge in [0.2, 0.25) is 5.91 Å². The van der Waals surface area contributed by atoms with Gasteiger partial charge in [-0.2, -0.15) is 0 Å². The lowest BCUT2D eigenvalue weighted by atomic mass is 10.1. The third kappa shape index (κ3) is 3.46. The van der Waals surface area contributed by atoms with E-state index in [0.717, 1.165) is 14.9 Å². The Labute approximate surface area is 119 Å². The molecule has 0 aromatic heterocycles. The molecule has 0 saturated heterocycles. The Morgan fingerprint density at radius 1 is 1.17 bits per heavy atom. The molecule has 0 saturated carbocycles. The molecular formula is C14H12INO2. The smallest absolute Gasteiger partial charge is 0.248 e. The molecule has 0 aliphatic heterocycles. The second-order valence-electron chi connectivity index (χ2n) is 3.81. The Balaban J connectivity index is 2.04. The summed E-state index contributed by atoms with van der Waals surface area (Å²) in [6, 6.07) is 14.9. The second-order valence-corrected chi connectivity index (χ2v) is 5.05. The molecule has 3 nitrogen and oxygen atoms in total. The van der Waals surface area contributed by atoms with Crippen LogP contribution in [0.4, 0.5) is 0 Å². The predicted molar refractivity (Wildman–Crippen MR) is 78.5 cm³/mol. The highest BCUT2D eigenvalue weighted by Gasteiger charge is 2.02. The normalized spacial score (nSPS) is 10.1. The molecule has 0 heterocycles. The summed E-state index contributed by atoms with van der Waals surface area (Å²) >= 11 is 2.24. The monoisotopic (exact) mass is 353 g/mol. The van der Waals surface area contributed by atoms with Crippen LogP contribution in [0.1, 0.15) is 15.9 Å². The molecule has 0 bridgehead atoms. The number of hydrogen-bond donors (Lipinski definition) is 1. The fourth-order valence-electron chi connectivity index (χ4n) is 1.51. The van der Waals surface area contributed by atoms with Gasteiger partial charge in [-0.05, 0) is 64.6 Å². The van der Waals surface area contributed by atoms with Crippen LogP contribution in [0.15, 0.2) is 48.5 Å². The number of carbonyl (C=O) groups excluding carboxylic acids is 1. The zero-order chi connectivity index (χ0) is 13.0. The maximum Gasteiger partial charge on any atom is 0.248 e. The molecule has 0 unspecified atom stereocenters. The zero-order valence-electron chi connectivity index (χ0n) is 9.60. The minimum atomic E-state index is -0.425. The van der Waals surface area contributed by atoms with Crippen LogP contribution in [-0.4, -0.2) is 5.91 Å². The van der Waals surface area contributed by atoms with E-state index in [1.54, 1.807) is 18.2 Å². The minimum absolute atomic E-state index is 0.418. The maximum absolute atomic E-state index is 11.0. The molecule has 2 aromatic rings. The summed E-state index contributed by atoms with van der Waals surface area (Å²) in [6.07, 6.45) is 0. The van der Waals surface area contributed by atoms with E-state index in [-0.39, 0.29) is 0 Å². The lowest BCUT2D eigenvalue weighted by Crippen LogP contribution is -2.11. The van der Waals surface area contributed by atoms with E-state index in [1.165, 1.54) is 0 Å². The SMILES string of the molecule is NC(=O)c1cccc(COc2ccc(I)cc2)c1. The highest BCUT2D eigenvalue weighted by molar-refractivity contribution is 14.1. The zero-order valence-corrected chi connectivity index (χ0v) is 11.8. The van der Waals surface area contributed by atoms with Crippen molar-refractivity contribution in [3.05, 3.63) is 63.2 Å². The van der Waals surface area contributed by atoms with Gasteiger partial charge in [0.1, 0.15) is 12.4 Å². The Morgan fingerprint density at radius 3 is 2.56 bits per heavy atom. The number of amides is 1. The third-order valence-corrected chi connectivity index (χ3v) is 3.15. The second kappa shape index (κ2) is 5.86. The number of ether oxygens (including phenoxy) is 1. The van der Waals surface area contributed by atoms with Crippen molar-refractivity contribution in [3.63, 3.8) is 0 Å². The number of halogens is 1. The van der Waals surface area contributed by atoms with Crippen molar-refractivity contribution in [2.45, 2.75) is 6.61 Å². The van der Waals surface area contributed by atoms with E-state index < -0.39 is 5.91 Å². The van der Waals surface area contributed by atoms with E-state index in [9.17, 15) is 4.79 Å². The minimum Gasteiger partial charge on any atom is -0.489 e. The first-order chi connectivity index (χ1) is 8.65. The van der Waals surface area contributed by atoms with E-state index in [0.29, 0.717) is 12.2 Å². The Hall–Kier alpha value is -1.56. The van der Waals surface area contributed by atoms with Crippen molar-refractivity contribution in [1.29, 1.82) is 0 Å². The molecule has 0 aliphatic carbocycles. The average molecular weight is 353 g/mol. The van der Waals surface area contributed by atoms with Gasteiger partial charge < -0.3 is 10.5 Å². The molecular weight excluding hydrogens is 341 g/mol. The van der Waals surface area contributed by atoms with Crippen molar-refractivity contribution in [2.24, 2.45) is 5.73 Å². The number of hydrogen-bond acceptors (Lipinski definition) is 2. The average Bonchev–Trinajstić information content (AvgIpc) is 2.38. The van der Waals surface area contributed by atoms with Crippen molar-refractivity contribution < 1.29 is 9.53 Å². The van der Waals surface area contributed by atoms with Gasteiger partial charge in [0.25, 0.3) is 0 Å². The van der Waals surface area contributed by atoms with Crippen molar-refractivity contribution in [2.75, 3.05) is 0 Å². The topological polar surface area (TPSA) is 52.3 Å². The van der Waals surface area contributed by atoms with Crippen LogP contribution in [0, 0.1) is 3.57 Å². The molecule has 0 atom stereocenters. The Bertz CT molecular complexity index is 552. The van der Waals surface area contributed by atoms with Crippen LogP contribution in [0.3, 0.4) is 0 Å². The summed E-state index contributed by atoms with van der Waals surface area (Å²) in [7, 11) is 0. The van der Waals surface area contributed by atoms with E-state index in [2.05, 4.69) is 22.6 Å². The van der Waals surface area contributed by atoms with Crippen LogP contribution in [0.2, 0.25) is 0 Å². The molecule has 92 valence electrons. The van der Waals surface area contributed by atoms with Crippen molar-refractivity contribution >= 4 is 28.5 Å².